The van der Waals surface area contributed by atoms with Crippen molar-refractivity contribution < 1.29 is 5.11 Å². The van der Waals surface area contributed by atoms with Crippen LogP contribution in [-0.2, 0) is 0 Å². The van der Waals surface area contributed by atoms with Crippen molar-refractivity contribution in [2.75, 3.05) is 26.2 Å². The van der Waals surface area contributed by atoms with Crippen LogP contribution in [0.25, 0.3) is 0 Å². The highest BCUT2D eigenvalue weighted by atomic mass is 16.3. The van der Waals surface area contributed by atoms with Crippen LogP contribution in [0.4, 0.5) is 0 Å². The largest absolute Gasteiger partial charge is 0.390 e. The van der Waals surface area contributed by atoms with E-state index >= 15 is 0 Å². The van der Waals surface area contributed by atoms with Crippen molar-refractivity contribution in [1.29, 1.82) is 0 Å². The maximum Gasteiger partial charge on any atom is 0.0791 e. The molecule has 104 valence electrons. The summed E-state index contributed by atoms with van der Waals surface area (Å²) in [6.45, 7) is 4.07. The molecule has 18 heavy (non-hydrogen) atoms. The average molecular weight is 252 g/mol. The summed E-state index contributed by atoms with van der Waals surface area (Å²) in [6.07, 6.45) is 11.0. The van der Waals surface area contributed by atoms with Crippen LogP contribution in [0, 0.1) is 5.41 Å². The highest BCUT2D eigenvalue weighted by Gasteiger charge is 2.37. The summed E-state index contributed by atoms with van der Waals surface area (Å²) in [5.74, 6) is 0. The summed E-state index contributed by atoms with van der Waals surface area (Å²) in [4.78, 5) is 2.48. The zero-order valence-electron chi connectivity index (χ0n) is 11.5. The first-order valence-corrected chi connectivity index (χ1v) is 7.90. The summed E-state index contributed by atoms with van der Waals surface area (Å²) in [5, 5.41) is 13.4. The normalized spacial score (nSPS) is 29.8. The van der Waals surface area contributed by atoms with Gasteiger partial charge in [0.2, 0.25) is 0 Å². The third-order valence-electron chi connectivity index (χ3n) is 5.27. The molecule has 3 nitrogen and oxygen atoms in total. The van der Waals surface area contributed by atoms with Gasteiger partial charge in [0.05, 0.1) is 6.10 Å². The standard InChI is InChI=1S/C15H28N2O/c18-14(11-16-13-3-4-13)12-17-9-7-15(8-10-17)5-1-2-6-15/h13-14,16,18H,1-12H2. The molecule has 2 aliphatic carbocycles. The fourth-order valence-corrected chi connectivity index (χ4v) is 3.79. The van der Waals surface area contributed by atoms with Gasteiger partial charge in [0, 0.05) is 19.1 Å². The number of hydrogen-bond acceptors (Lipinski definition) is 3. The van der Waals surface area contributed by atoms with Crippen molar-refractivity contribution in [2.24, 2.45) is 5.41 Å². The highest BCUT2D eigenvalue weighted by molar-refractivity contribution is 4.90. The second-order valence-corrected chi connectivity index (χ2v) is 6.84. The highest BCUT2D eigenvalue weighted by Crippen LogP contribution is 2.46. The molecule has 3 heteroatoms. The molecular formula is C15H28N2O. The zero-order valence-corrected chi connectivity index (χ0v) is 11.5. The lowest BCUT2D eigenvalue weighted by atomic mass is 9.77. The molecule has 1 saturated heterocycles. The van der Waals surface area contributed by atoms with Crippen molar-refractivity contribution in [3.05, 3.63) is 0 Å². The number of nitrogens with one attached hydrogen (secondary N) is 1. The molecule has 3 rings (SSSR count). The molecule has 1 atom stereocenters. The molecule has 0 bridgehead atoms. The topological polar surface area (TPSA) is 35.5 Å². The van der Waals surface area contributed by atoms with Crippen LogP contribution < -0.4 is 5.32 Å². The Hall–Kier alpha value is -0.120. The van der Waals surface area contributed by atoms with E-state index in [0.717, 1.165) is 13.1 Å². The molecule has 2 saturated carbocycles. The first-order valence-electron chi connectivity index (χ1n) is 7.90. The van der Waals surface area contributed by atoms with Crippen molar-refractivity contribution in [3.8, 4) is 0 Å². The van der Waals surface area contributed by atoms with E-state index in [2.05, 4.69) is 10.2 Å². The number of hydrogen-bond donors (Lipinski definition) is 2. The molecular weight excluding hydrogens is 224 g/mol. The van der Waals surface area contributed by atoms with Gasteiger partial charge < -0.3 is 15.3 Å². The van der Waals surface area contributed by atoms with Crippen LogP contribution >= 0.6 is 0 Å². The molecule has 0 aromatic heterocycles. The van der Waals surface area contributed by atoms with Gasteiger partial charge in [-0.05, 0) is 57.0 Å². The van der Waals surface area contributed by atoms with Gasteiger partial charge in [-0.2, -0.15) is 0 Å². The Labute approximate surface area is 111 Å². The summed E-state index contributed by atoms with van der Waals surface area (Å²) in [5.41, 5.74) is 0.702. The van der Waals surface area contributed by atoms with Gasteiger partial charge in [-0.1, -0.05) is 12.8 Å². The Balaban J connectivity index is 1.36. The average Bonchev–Trinajstić information content (AvgIpc) is 3.11. The smallest absolute Gasteiger partial charge is 0.0791 e. The van der Waals surface area contributed by atoms with E-state index in [1.165, 1.54) is 64.5 Å². The minimum atomic E-state index is -0.178. The Morgan fingerprint density at radius 1 is 1.11 bits per heavy atom. The molecule has 1 unspecified atom stereocenters. The van der Waals surface area contributed by atoms with Gasteiger partial charge in [0.1, 0.15) is 0 Å². The van der Waals surface area contributed by atoms with Gasteiger partial charge in [-0.25, -0.2) is 0 Å². The zero-order chi connectivity index (χ0) is 12.4. The first kappa shape index (κ1) is 12.9. The number of rotatable bonds is 5. The van der Waals surface area contributed by atoms with E-state index in [9.17, 15) is 5.11 Å². The van der Waals surface area contributed by atoms with E-state index in [-0.39, 0.29) is 6.10 Å². The number of piperidine rings is 1. The van der Waals surface area contributed by atoms with E-state index in [1.807, 2.05) is 0 Å². The molecule has 0 radical (unpaired) electrons. The first-order chi connectivity index (χ1) is 8.76. The fraction of sp³-hybridized carbons (Fsp3) is 1.00. The molecule has 0 aromatic rings. The van der Waals surface area contributed by atoms with Gasteiger partial charge in [0.25, 0.3) is 0 Å². The lowest BCUT2D eigenvalue weighted by Crippen LogP contribution is -2.44. The summed E-state index contributed by atoms with van der Waals surface area (Å²) >= 11 is 0. The second kappa shape index (κ2) is 5.48. The van der Waals surface area contributed by atoms with Crippen LogP contribution in [0.5, 0.6) is 0 Å². The number of nitrogens with zero attached hydrogens (tertiary/aromatic N) is 1. The van der Waals surface area contributed by atoms with Crippen LogP contribution in [0.15, 0.2) is 0 Å². The molecule has 3 aliphatic rings. The molecule has 3 fully saturated rings. The van der Waals surface area contributed by atoms with Gasteiger partial charge in [-0.3, -0.25) is 0 Å². The lowest BCUT2D eigenvalue weighted by molar-refractivity contribution is 0.0597. The summed E-state index contributed by atoms with van der Waals surface area (Å²) < 4.78 is 0. The van der Waals surface area contributed by atoms with Crippen molar-refractivity contribution >= 4 is 0 Å². The van der Waals surface area contributed by atoms with E-state index < -0.39 is 0 Å². The predicted octanol–water partition coefficient (Wildman–Crippen LogP) is 1.76. The Morgan fingerprint density at radius 2 is 1.78 bits per heavy atom. The number of aliphatic hydroxyl groups is 1. The Morgan fingerprint density at radius 3 is 2.39 bits per heavy atom. The van der Waals surface area contributed by atoms with Crippen molar-refractivity contribution in [1.82, 2.24) is 10.2 Å². The third-order valence-corrected chi connectivity index (χ3v) is 5.27. The maximum absolute atomic E-state index is 10.0. The fourth-order valence-electron chi connectivity index (χ4n) is 3.79. The minimum absolute atomic E-state index is 0.178. The molecule has 1 heterocycles. The third kappa shape index (κ3) is 3.25. The molecule has 1 aliphatic heterocycles. The van der Waals surface area contributed by atoms with Gasteiger partial charge in [0.15, 0.2) is 0 Å². The minimum Gasteiger partial charge on any atom is -0.390 e. The number of β-amino-alcohol motifs (C(OH)–C–C–N with tert-alkyl or cyclic N) is 1. The summed E-state index contributed by atoms with van der Waals surface area (Å²) in [7, 11) is 0. The van der Waals surface area contributed by atoms with Crippen molar-refractivity contribution in [2.45, 2.75) is 63.5 Å². The molecule has 0 amide bonds. The molecule has 1 spiro atoms. The van der Waals surface area contributed by atoms with Gasteiger partial charge in [-0.15, -0.1) is 0 Å². The summed E-state index contributed by atoms with van der Waals surface area (Å²) in [6, 6.07) is 0.711. The van der Waals surface area contributed by atoms with E-state index in [4.69, 9.17) is 0 Å². The van der Waals surface area contributed by atoms with E-state index in [1.54, 1.807) is 0 Å². The Bertz CT molecular complexity index is 262. The quantitative estimate of drug-likeness (QED) is 0.782. The SMILES string of the molecule is OC(CNC1CC1)CN1CCC2(CCCC2)CC1. The lowest BCUT2D eigenvalue weighted by Gasteiger charge is -2.40. The number of likely N-dealkylation sites (tertiary alicyclic amines) is 1. The van der Waals surface area contributed by atoms with Crippen LogP contribution in [-0.4, -0.2) is 48.3 Å². The van der Waals surface area contributed by atoms with Crippen LogP contribution in [0.1, 0.15) is 51.4 Å². The van der Waals surface area contributed by atoms with E-state index in [0.29, 0.717) is 11.5 Å². The number of aliphatic hydroxyl groups excluding tert-OH is 1. The molecule has 2 N–H and O–H groups in total. The Kier molecular flexibility index (Phi) is 3.92. The van der Waals surface area contributed by atoms with Crippen molar-refractivity contribution in [3.63, 3.8) is 0 Å². The second-order valence-electron chi connectivity index (χ2n) is 6.84. The maximum atomic E-state index is 10.0. The van der Waals surface area contributed by atoms with Gasteiger partial charge >= 0.3 is 0 Å². The predicted molar refractivity (Wildman–Crippen MR) is 73.6 cm³/mol. The van der Waals surface area contributed by atoms with Crippen LogP contribution in [0.3, 0.4) is 0 Å². The molecule has 0 aromatic carbocycles. The monoisotopic (exact) mass is 252 g/mol. The van der Waals surface area contributed by atoms with Crippen LogP contribution in [0.2, 0.25) is 0 Å².